The molecule has 1 amide bonds. The molecule has 0 atom stereocenters. The number of hydrogen-bond donors (Lipinski definition) is 0. The highest BCUT2D eigenvalue weighted by Crippen LogP contribution is 2.26. The molecule has 112 valence electrons. The minimum Gasteiger partial charge on any atom is -0.493 e. The van der Waals surface area contributed by atoms with Gasteiger partial charge in [0, 0.05) is 45.1 Å². The number of nitrogens with zero attached hydrogens (tertiary/aromatic N) is 2. The van der Waals surface area contributed by atoms with Crippen LogP contribution in [0.2, 0.25) is 0 Å². The Kier molecular flexibility index (Phi) is 3.92. The van der Waals surface area contributed by atoms with E-state index in [0.29, 0.717) is 26.2 Å². The van der Waals surface area contributed by atoms with Crippen molar-refractivity contribution >= 4 is 11.7 Å². The summed E-state index contributed by atoms with van der Waals surface area (Å²) in [5.41, 5.74) is 1.88. The van der Waals surface area contributed by atoms with Crippen LogP contribution in [0.25, 0.3) is 0 Å². The number of amides is 1. The Morgan fingerprint density at radius 2 is 1.95 bits per heavy atom. The largest absolute Gasteiger partial charge is 0.493 e. The zero-order valence-electron chi connectivity index (χ0n) is 12.3. The normalized spacial score (nSPS) is 18.2. The summed E-state index contributed by atoms with van der Waals surface area (Å²) in [6.45, 7) is 5.67. The minimum atomic E-state index is 0.111. The first-order valence-electron chi connectivity index (χ1n) is 7.40. The van der Waals surface area contributed by atoms with Gasteiger partial charge in [-0.25, -0.2) is 0 Å². The molecule has 21 heavy (non-hydrogen) atoms. The number of hydrogen-bond acceptors (Lipinski definition) is 4. The smallest absolute Gasteiger partial charge is 0.219 e. The molecule has 0 N–H and O–H groups in total. The number of Topliss-reactive ketones (excluding diaryl/α,β-unsaturated/α-hetero) is 1. The summed E-state index contributed by atoms with van der Waals surface area (Å²) in [6.07, 6.45) is 0.883. The van der Waals surface area contributed by atoms with Crippen molar-refractivity contribution in [3.8, 4) is 5.75 Å². The molecule has 0 bridgehead atoms. The van der Waals surface area contributed by atoms with Gasteiger partial charge < -0.3 is 9.64 Å². The molecule has 2 aliphatic rings. The van der Waals surface area contributed by atoms with Crippen molar-refractivity contribution in [2.45, 2.75) is 13.3 Å². The molecule has 0 aromatic heterocycles. The van der Waals surface area contributed by atoms with Crippen LogP contribution in [-0.4, -0.2) is 60.8 Å². The van der Waals surface area contributed by atoms with E-state index in [9.17, 15) is 9.59 Å². The fraction of sp³-hybridized carbons (Fsp3) is 0.500. The SMILES string of the molecule is CC(=O)N1CCN(CC(=O)c2ccc3c(c2)CCO3)CC1. The molecule has 5 heteroatoms. The Hall–Kier alpha value is -1.88. The second-order valence-corrected chi connectivity index (χ2v) is 5.63. The van der Waals surface area contributed by atoms with Gasteiger partial charge in [-0.3, -0.25) is 14.5 Å². The maximum absolute atomic E-state index is 12.4. The Morgan fingerprint density at radius 1 is 1.19 bits per heavy atom. The molecule has 3 rings (SSSR count). The van der Waals surface area contributed by atoms with Gasteiger partial charge in [0.15, 0.2) is 5.78 Å². The summed E-state index contributed by atoms with van der Waals surface area (Å²) in [7, 11) is 0. The third kappa shape index (κ3) is 3.08. The number of carbonyl (C=O) groups excluding carboxylic acids is 2. The van der Waals surface area contributed by atoms with E-state index in [1.54, 1.807) is 6.92 Å². The molecule has 1 fully saturated rings. The molecular weight excluding hydrogens is 268 g/mol. The molecule has 2 heterocycles. The Labute approximate surface area is 124 Å². The van der Waals surface area contributed by atoms with Crippen LogP contribution in [0.5, 0.6) is 5.75 Å². The van der Waals surface area contributed by atoms with Gasteiger partial charge in [-0.15, -0.1) is 0 Å². The quantitative estimate of drug-likeness (QED) is 0.778. The van der Waals surface area contributed by atoms with Crippen molar-refractivity contribution in [1.82, 2.24) is 9.80 Å². The Balaban J connectivity index is 1.58. The first-order valence-corrected chi connectivity index (χ1v) is 7.40. The number of benzene rings is 1. The van der Waals surface area contributed by atoms with Crippen LogP contribution in [0.1, 0.15) is 22.8 Å². The molecule has 0 radical (unpaired) electrons. The van der Waals surface area contributed by atoms with Gasteiger partial charge in [-0.2, -0.15) is 0 Å². The van der Waals surface area contributed by atoms with Gasteiger partial charge in [0.05, 0.1) is 13.2 Å². The van der Waals surface area contributed by atoms with Crippen molar-refractivity contribution in [2.75, 3.05) is 39.3 Å². The molecule has 0 unspecified atom stereocenters. The van der Waals surface area contributed by atoms with Crippen LogP contribution in [0.4, 0.5) is 0 Å². The standard InChI is InChI=1S/C16H20N2O3/c1-12(19)18-7-5-17(6-8-18)11-15(20)13-2-3-16-14(10-13)4-9-21-16/h2-3,10H,4-9,11H2,1H3. The van der Waals surface area contributed by atoms with E-state index in [-0.39, 0.29) is 11.7 Å². The lowest BCUT2D eigenvalue weighted by molar-refractivity contribution is -0.130. The van der Waals surface area contributed by atoms with Gasteiger partial charge >= 0.3 is 0 Å². The zero-order valence-corrected chi connectivity index (χ0v) is 12.3. The molecular formula is C16H20N2O3. The van der Waals surface area contributed by atoms with Crippen molar-refractivity contribution < 1.29 is 14.3 Å². The lowest BCUT2D eigenvalue weighted by Gasteiger charge is -2.33. The van der Waals surface area contributed by atoms with E-state index in [0.717, 1.165) is 36.4 Å². The summed E-state index contributed by atoms with van der Waals surface area (Å²) in [6, 6.07) is 5.69. The van der Waals surface area contributed by atoms with Crippen LogP contribution in [0.15, 0.2) is 18.2 Å². The van der Waals surface area contributed by atoms with E-state index in [2.05, 4.69) is 4.90 Å². The van der Waals surface area contributed by atoms with Crippen molar-refractivity contribution in [3.63, 3.8) is 0 Å². The molecule has 2 aliphatic heterocycles. The molecule has 0 saturated carbocycles. The minimum absolute atomic E-state index is 0.111. The topological polar surface area (TPSA) is 49.9 Å². The number of carbonyl (C=O) groups is 2. The number of ether oxygens (including phenoxy) is 1. The molecule has 5 nitrogen and oxygen atoms in total. The van der Waals surface area contributed by atoms with Gasteiger partial charge in [0.25, 0.3) is 0 Å². The Bertz CT molecular complexity index is 563. The molecule has 1 aromatic carbocycles. The number of ketones is 1. The second-order valence-electron chi connectivity index (χ2n) is 5.63. The zero-order chi connectivity index (χ0) is 14.8. The Morgan fingerprint density at radius 3 is 2.67 bits per heavy atom. The van der Waals surface area contributed by atoms with Crippen molar-refractivity contribution in [2.24, 2.45) is 0 Å². The summed E-state index contributed by atoms with van der Waals surface area (Å²) in [5, 5.41) is 0. The number of rotatable bonds is 3. The monoisotopic (exact) mass is 288 g/mol. The summed E-state index contributed by atoms with van der Waals surface area (Å²) in [5.74, 6) is 1.15. The summed E-state index contributed by atoms with van der Waals surface area (Å²) < 4.78 is 5.46. The molecule has 1 saturated heterocycles. The van der Waals surface area contributed by atoms with Crippen molar-refractivity contribution in [3.05, 3.63) is 29.3 Å². The predicted molar refractivity (Wildman–Crippen MR) is 78.7 cm³/mol. The first-order chi connectivity index (χ1) is 10.1. The van der Waals surface area contributed by atoms with Gasteiger partial charge in [0.1, 0.15) is 5.75 Å². The second kappa shape index (κ2) is 5.85. The van der Waals surface area contributed by atoms with E-state index in [1.807, 2.05) is 23.1 Å². The van der Waals surface area contributed by atoms with Crippen LogP contribution >= 0.6 is 0 Å². The third-order valence-corrected chi connectivity index (χ3v) is 4.20. The van der Waals surface area contributed by atoms with Crippen LogP contribution < -0.4 is 4.74 Å². The lowest BCUT2D eigenvalue weighted by atomic mass is 10.0. The summed E-state index contributed by atoms with van der Waals surface area (Å²) >= 11 is 0. The van der Waals surface area contributed by atoms with E-state index in [1.165, 1.54) is 0 Å². The molecule has 0 spiro atoms. The van der Waals surface area contributed by atoms with Gasteiger partial charge in [-0.05, 0) is 23.8 Å². The highest BCUT2D eigenvalue weighted by molar-refractivity contribution is 5.98. The number of fused-ring (bicyclic) bond motifs is 1. The van der Waals surface area contributed by atoms with E-state index < -0.39 is 0 Å². The third-order valence-electron chi connectivity index (χ3n) is 4.20. The molecule has 1 aromatic rings. The van der Waals surface area contributed by atoms with Gasteiger partial charge in [0.2, 0.25) is 5.91 Å². The summed E-state index contributed by atoms with van der Waals surface area (Å²) in [4.78, 5) is 27.6. The average molecular weight is 288 g/mol. The average Bonchev–Trinajstić information content (AvgIpc) is 2.95. The maximum Gasteiger partial charge on any atom is 0.219 e. The lowest BCUT2D eigenvalue weighted by Crippen LogP contribution is -2.49. The van der Waals surface area contributed by atoms with Crippen LogP contribution in [0.3, 0.4) is 0 Å². The van der Waals surface area contributed by atoms with Gasteiger partial charge in [-0.1, -0.05) is 0 Å². The number of piperazine rings is 1. The van der Waals surface area contributed by atoms with E-state index >= 15 is 0 Å². The predicted octanol–water partition coefficient (Wildman–Crippen LogP) is 0.968. The van der Waals surface area contributed by atoms with Crippen LogP contribution in [-0.2, 0) is 11.2 Å². The molecule has 0 aliphatic carbocycles. The highest BCUT2D eigenvalue weighted by Gasteiger charge is 2.21. The fourth-order valence-electron chi connectivity index (χ4n) is 2.88. The van der Waals surface area contributed by atoms with Crippen molar-refractivity contribution in [1.29, 1.82) is 0 Å². The van der Waals surface area contributed by atoms with Crippen LogP contribution in [0, 0.1) is 0 Å². The fourth-order valence-corrected chi connectivity index (χ4v) is 2.88. The maximum atomic E-state index is 12.4. The highest BCUT2D eigenvalue weighted by atomic mass is 16.5. The first kappa shape index (κ1) is 14.1. The van der Waals surface area contributed by atoms with E-state index in [4.69, 9.17) is 4.74 Å².